The smallest absolute Gasteiger partial charge is 0.226 e. The average molecular weight is 323 g/mol. The Bertz CT molecular complexity index is 804. The van der Waals surface area contributed by atoms with E-state index in [0.29, 0.717) is 6.42 Å². The number of allylic oxidation sites excluding steroid dienone is 1. The second-order valence-electron chi connectivity index (χ2n) is 5.40. The number of aromatic nitrogens is 4. The lowest BCUT2D eigenvalue weighted by atomic mass is 10.0. The molecule has 122 valence electrons. The van der Waals surface area contributed by atoms with Gasteiger partial charge in [0.15, 0.2) is 0 Å². The van der Waals surface area contributed by atoms with Crippen LogP contribution in [0.15, 0.2) is 24.4 Å². The Balaban J connectivity index is 1.86. The summed E-state index contributed by atoms with van der Waals surface area (Å²) < 4.78 is 0. The number of nitrogens with zero attached hydrogens (tertiary/aromatic N) is 5. The van der Waals surface area contributed by atoms with E-state index in [4.69, 9.17) is 0 Å². The largest absolute Gasteiger partial charge is 0.360 e. The molecule has 8 nitrogen and oxygen atoms in total. The maximum absolute atomic E-state index is 12.1. The minimum Gasteiger partial charge on any atom is -0.360 e. The molecule has 1 amide bonds. The van der Waals surface area contributed by atoms with Crippen LogP contribution in [0.4, 0.5) is 11.4 Å². The van der Waals surface area contributed by atoms with Gasteiger partial charge in [-0.05, 0) is 35.8 Å². The fraction of sp³-hybridized carbons (Fsp3) is 0.312. The fourth-order valence-electron chi connectivity index (χ4n) is 2.69. The molecule has 0 saturated heterocycles. The first kappa shape index (κ1) is 15.7. The third-order valence-electron chi connectivity index (χ3n) is 3.90. The molecule has 1 aromatic carbocycles. The van der Waals surface area contributed by atoms with Gasteiger partial charge in [-0.25, -0.2) is 0 Å². The van der Waals surface area contributed by atoms with E-state index in [-0.39, 0.29) is 17.3 Å². The Labute approximate surface area is 139 Å². The van der Waals surface area contributed by atoms with E-state index in [1.807, 2.05) is 36.1 Å². The van der Waals surface area contributed by atoms with Crippen molar-refractivity contribution in [1.29, 1.82) is 5.26 Å². The molecule has 0 radical (unpaired) electrons. The monoisotopic (exact) mass is 323 g/mol. The van der Waals surface area contributed by atoms with Gasteiger partial charge in [-0.2, -0.15) is 10.5 Å². The molecule has 3 rings (SSSR count). The third kappa shape index (κ3) is 3.10. The number of hydrogen-bond donors (Lipinski definition) is 2. The van der Waals surface area contributed by atoms with Crippen molar-refractivity contribution in [2.75, 3.05) is 16.8 Å². The lowest BCUT2D eigenvalue weighted by molar-refractivity contribution is -0.118. The lowest BCUT2D eigenvalue weighted by Gasteiger charge is -2.29. The minimum atomic E-state index is 0.119. The van der Waals surface area contributed by atoms with Gasteiger partial charge in [-0.15, -0.1) is 10.2 Å². The number of fused-ring (bicyclic) bond motifs is 1. The molecule has 2 N–H and O–H groups in total. The van der Waals surface area contributed by atoms with Crippen molar-refractivity contribution in [3.05, 3.63) is 35.8 Å². The van der Waals surface area contributed by atoms with Gasteiger partial charge in [-0.3, -0.25) is 4.79 Å². The number of H-pyrrole nitrogens is 1. The molecule has 0 spiro atoms. The van der Waals surface area contributed by atoms with Gasteiger partial charge in [-0.1, -0.05) is 13.0 Å². The molecule has 24 heavy (non-hydrogen) atoms. The number of anilines is 2. The van der Waals surface area contributed by atoms with Crippen LogP contribution in [-0.2, 0) is 11.2 Å². The maximum atomic E-state index is 12.1. The predicted molar refractivity (Wildman–Crippen MR) is 88.8 cm³/mol. The SMILES string of the molecule is CCC(=O)N1CCCc2ccc(NC=C(C#N)c3nn[nH]n3)cc21. The fourth-order valence-corrected chi connectivity index (χ4v) is 2.69. The molecule has 2 aromatic rings. The second-order valence-corrected chi connectivity index (χ2v) is 5.40. The Morgan fingerprint density at radius 2 is 2.42 bits per heavy atom. The second kappa shape index (κ2) is 6.91. The molecule has 1 aliphatic heterocycles. The molecular weight excluding hydrogens is 306 g/mol. The Kier molecular flexibility index (Phi) is 4.52. The zero-order chi connectivity index (χ0) is 16.9. The topological polar surface area (TPSA) is 111 Å². The first-order chi connectivity index (χ1) is 11.7. The number of benzene rings is 1. The Morgan fingerprint density at radius 1 is 1.54 bits per heavy atom. The number of aryl methyl sites for hydroxylation is 1. The van der Waals surface area contributed by atoms with E-state index in [1.165, 1.54) is 6.20 Å². The van der Waals surface area contributed by atoms with Crippen molar-refractivity contribution in [1.82, 2.24) is 20.6 Å². The van der Waals surface area contributed by atoms with Gasteiger partial charge >= 0.3 is 0 Å². The normalized spacial score (nSPS) is 14.0. The van der Waals surface area contributed by atoms with Gasteiger partial charge in [0.2, 0.25) is 11.7 Å². The molecule has 1 aromatic heterocycles. The van der Waals surface area contributed by atoms with Crippen molar-refractivity contribution < 1.29 is 4.79 Å². The summed E-state index contributed by atoms with van der Waals surface area (Å²) in [5, 5.41) is 25.6. The standard InChI is InChI=1S/C16H17N7O/c1-2-15(24)23-7-3-4-11-5-6-13(8-14(11)23)18-10-12(9-17)16-19-21-22-20-16/h5-6,8,10,18H,2-4,7H2,1H3,(H,19,20,21,22). The van der Waals surface area contributed by atoms with Crippen LogP contribution in [-0.4, -0.2) is 33.1 Å². The van der Waals surface area contributed by atoms with E-state index < -0.39 is 0 Å². The zero-order valence-electron chi connectivity index (χ0n) is 13.3. The van der Waals surface area contributed by atoms with E-state index in [2.05, 4.69) is 25.9 Å². The maximum Gasteiger partial charge on any atom is 0.226 e. The number of nitriles is 1. The zero-order valence-corrected chi connectivity index (χ0v) is 13.3. The summed E-state index contributed by atoms with van der Waals surface area (Å²) in [5.74, 6) is 0.346. The van der Waals surface area contributed by atoms with Gasteiger partial charge < -0.3 is 10.2 Å². The van der Waals surface area contributed by atoms with E-state index in [1.54, 1.807) is 0 Å². The van der Waals surface area contributed by atoms with Crippen molar-refractivity contribution in [3.63, 3.8) is 0 Å². The summed E-state index contributed by atoms with van der Waals surface area (Å²) in [6.07, 6.45) is 3.95. The molecule has 0 fully saturated rings. The molecule has 0 atom stereocenters. The van der Waals surface area contributed by atoms with Crippen molar-refractivity contribution in [3.8, 4) is 6.07 Å². The molecule has 0 bridgehead atoms. The highest BCUT2D eigenvalue weighted by atomic mass is 16.2. The van der Waals surface area contributed by atoms with Crippen LogP contribution in [0.5, 0.6) is 0 Å². The summed E-state index contributed by atoms with van der Waals surface area (Å²) in [5.41, 5.74) is 3.16. The predicted octanol–water partition coefficient (Wildman–Crippen LogP) is 1.87. The summed E-state index contributed by atoms with van der Waals surface area (Å²) in [7, 11) is 0. The van der Waals surface area contributed by atoms with Gasteiger partial charge in [0.25, 0.3) is 0 Å². The number of nitrogens with one attached hydrogen (secondary N) is 2. The highest BCUT2D eigenvalue weighted by Gasteiger charge is 2.21. The van der Waals surface area contributed by atoms with Crippen molar-refractivity contribution in [2.45, 2.75) is 26.2 Å². The molecular formula is C16H17N7O. The number of hydrogen-bond acceptors (Lipinski definition) is 6. The van der Waals surface area contributed by atoms with E-state index >= 15 is 0 Å². The number of amides is 1. The van der Waals surface area contributed by atoms with Crippen LogP contribution in [0, 0.1) is 11.3 Å². The minimum absolute atomic E-state index is 0.119. The van der Waals surface area contributed by atoms with Crippen molar-refractivity contribution in [2.24, 2.45) is 0 Å². The van der Waals surface area contributed by atoms with Gasteiger partial charge in [0.05, 0.1) is 0 Å². The number of tetrazole rings is 1. The van der Waals surface area contributed by atoms with Crippen LogP contribution in [0.25, 0.3) is 5.57 Å². The van der Waals surface area contributed by atoms with E-state index in [9.17, 15) is 10.1 Å². The summed E-state index contributed by atoms with van der Waals surface area (Å²) in [4.78, 5) is 14.0. The van der Waals surface area contributed by atoms with E-state index in [0.717, 1.165) is 36.3 Å². The average Bonchev–Trinajstić information content (AvgIpc) is 3.15. The summed E-state index contributed by atoms with van der Waals surface area (Å²) in [6.45, 7) is 2.61. The first-order valence-electron chi connectivity index (χ1n) is 7.77. The highest BCUT2D eigenvalue weighted by Crippen LogP contribution is 2.30. The summed E-state index contributed by atoms with van der Waals surface area (Å²) >= 11 is 0. The lowest BCUT2D eigenvalue weighted by Crippen LogP contribution is -2.34. The quantitative estimate of drug-likeness (QED) is 0.831. The van der Waals surface area contributed by atoms with Crippen LogP contribution in [0.2, 0.25) is 0 Å². The van der Waals surface area contributed by atoms with Gasteiger partial charge in [0, 0.05) is 30.5 Å². The van der Waals surface area contributed by atoms with Crippen LogP contribution in [0.3, 0.4) is 0 Å². The number of aromatic amines is 1. The Hall–Kier alpha value is -3.21. The number of rotatable bonds is 4. The number of carbonyl (C=O) groups excluding carboxylic acids is 1. The van der Waals surface area contributed by atoms with Gasteiger partial charge in [0.1, 0.15) is 11.6 Å². The molecule has 1 aliphatic rings. The molecule has 2 heterocycles. The summed E-state index contributed by atoms with van der Waals surface area (Å²) in [6, 6.07) is 7.90. The molecule has 8 heteroatoms. The number of carbonyl (C=O) groups is 1. The first-order valence-corrected chi connectivity index (χ1v) is 7.77. The molecule has 0 unspecified atom stereocenters. The highest BCUT2D eigenvalue weighted by molar-refractivity contribution is 5.95. The Morgan fingerprint density at radius 3 is 3.12 bits per heavy atom. The van der Waals surface area contributed by atoms with Crippen LogP contribution >= 0.6 is 0 Å². The van der Waals surface area contributed by atoms with Crippen molar-refractivity contribution >= 4 is 22.9 Å². The third-order valence-corrected chi connectivity index (χ3v) is 3.90. The van der Waals surface area contributed by atoms with Crippen LogP contribution < -0.4 is 10.2 Å². The molecule has 0 saturated carbocycles. The van der Waals surface area contributed by atoms with Crippen LogP contribution in [0.1, 0.15) is 31.2 Å². The molecule has 0 aliphatic carbocycles.